The summed E-state index contributed by atoms with van der Waals surface area (Å²) in [6, 6.07) is 44.7. The zero-order chi connectivity index (χ0) is 30.5. The highest BCUT2D eigenvalue weighted by atomic mass is 16.3. The second-order valence-electron chi connectivity index (χ2n) is 10.9. The van der Waals surface area contributed by atoms with Crippen molar-refractivity contribution < 1.29 is 20.4 Å². The van der Waals surface area contributed by atoms with Gasteiger partial charge in [-0.05, 0) is 84.0 Å². The van der Waals surface area contributed by atoms with Gasteiger partial charge in [0.2, 0.25) is 0 Å². The molecule has 0 fully saturated rings. The predicted molar refractivity (Wildman–Crippen MR) is 177 cm³/mol. The molecule has 0 saturated carbocycles. The standard InChI is InChI=1S/C40H34O4/c41-23-27-6-14-31(15-7-27)36-22-37(32-16-8-28(24-42)9-17-32)39(34-18-10-29(25-43)11-19-34)40(35-20-12-30(26-44)13-21-35)38(36)33-4-2-1-3-5-33/h1-22,41-44H,23-26H2. The first-order valence-electron chi connectivity index (χ1n) is 14.7. The summed E-state index contributed by atoms with van der Waals surface area (Å²) in [7, 11) is 0. The van der Waals surface area contributed by atoms with E-state index in [9.17, 15) is 20.4 Å². The van der Waals surface area contributed by atoms with Crippen molar-refractivity contribution in [2.75, 3.05) is 0 Å². The van der Waals surface area contributed by atoms with Gasteiger partial charge in [-0.25, -0.2) is 0 Å². The topological polar surface area (TPSA) is 80.9 Å². The SMILES string of the molecule is OCc1ccc(-c2cc(-c3ccc(CO)cc3)c(-c3ccc(CO)cc3)c(-c3ccc(CO)cc3)c2-c2ccccc2)cc1. The van der Waals surface area contributed by atoms with Gasteiger partial charge in [-0.3, -0.25) is 0 Å². The van der Waals surface area contributed by atoms with E-state index in [-0.39, 0.29) is 26.4 Å². The van der Waals surface area contributed by atoms with E-state index in [1.807, 2.05) is 78.9 Å². The van der Waals surface area contributed by atoms with Crippen LogP contribution in [0.5, 0.6) is 0 Å². The molecule has 0 spiro atoms. The second kappa shape index (κ2) is 13.2. The first-order valence-corrected chi connectivity index (χ1v) is 14.7. The number of aliphatic hydroxyl groups excluding tert-OH is 4. The summed E-state index contributed by atoms with van der Waals surface area (Å²) in [5, 5.41) is 39.1. The third-order valence-electron chi connectivity index (χ3n) is 8.14. The van der Waals surface area contributed by atoms with Crippen LogP contribution in [0.4, 0.5) is 0 Å². The van der Waals surface area contributed by atoms with E-state index in [2.05, 4.69) is 54.6 Å². The fourth-order valence-electron chi connectivity index (χ4n) is 5.76. The Morgan fingerprint density at radius 1 is 0.295 bits per heavy atom. The van der Waals surface area contributed by atoms with Crippen LogP contribution in [0.2, 0.25) is 0 Å². The minimum atomic E-state index is -0.0407. The maximum Gasteiger partial charge on any atom is 0.0681 e. The Morgan fingerprint density at radius 2 is 0.591 bits per heavy atom. The van der Waals surface area contributed by atoms with Crippen molar-refractivity contribution in [3.05, 3.63) is 156 Å². The summed E-state index contributed by atoms with van der Waals surface area (Å²) in [4.78, 5) is 0. The Hall–Kier alpha value is -4.84. The van der Waals surface area contributed by atoms with Crippen LogP contribution in [0.15, 0.2) is 133 Å². The molecule has 0 heterocycles. The average Bonchev–Trinajstić information content (AvgIpc) is 3.11. The quantitative estimate of drug-likeness (QED) is 0.140. The molecule has 0 aromatic heterocycles. The van der Waals surface area contributed by atoms with Gasteiger partial charge in [0.1, 0.15) is 0 Å². The molecule has 0 atom stereocenters. The minimum absolute atomic E-state index is 0.0283. The van der Waals surface area contributed by atoms with Crippen LogP contribution < -0.4 is 0 Å². The summed E-state index contributed by atoms with van der Waals surface area (Å²) in [5.74, 6) is 0. The number of aliphatic hydroxyl groups is 4. The van der Waals surface area contributed by atoms with E-state index in [4.69, 9.17) is 0 Å². The van der Waals surface area contributed by atoms with Crippen molar-refractivity contribution in [1.82, 2.24) is 0 Å². The zero-order valence-electron chi connectivity index (χ0n) is 24.3. The van der Waals surface area contributed by atoms with Crippen molar-refractivity contribution in [2.45, 2.75) is 26.4 Å². The minimum Gasteiger partial charge on any atom is -0.392 e. The molecule has 4 heteroatoms. The molecule has 0 amide bonds. The molecule has 6 aromatic rings. The zero-order valence-corrected chi connectivity index (χ0v) is 24.3. The molecule has 44 heavy (non-hydrogen) atoms. The lowest BCUT2D eigenvalue weighted by Crippen LogP contribution is -1.99. The molecule has 4 N–H and O–H groups in total. The lowest BCUT2D eigenvalue weighted by Gasteiger charge is -2.25. The predicted octanol–water partition coefficient (Wildman–Crippen LogP) is 7.99. The highest BCUT2D eigenvalue weighted by Gasteiger charge is 2.24. The lowest BCUT2D eigenvalue weighted by atomic mass is 9.78. The summed E-state index contributed by atoms with van der Waals surface area (Å²) >= 11 is 0. The summed E-state index contributed by atoms with van der Waals surface area (Å²) in [6.07, 6.45) is 0. The molecule has 0 bridgehead atoms. The van der Waals surface area contributed by atoms with Gasteiger partial charge < -0.3 is 20.4 Å². The Balaban J connectivity index is 1.79. The molecule has 0 radical (unpaired) electrons. The van der Waals surface area contributed by atoms with E-state index < -0.39 is 0 Å². The van der Waals surface area contributed by atoms with E-state index in [1.54, 1.807) is 0 Å². The van der Waals surface area contributed by atoms with Crippen LogP contribution in [-0.2, 0) is 26.4 Å². The molecular formula is C40H34O4. The van der Waals surface area contributed by atoms with Crippen LogP contribution in [0, 0.1) is 0 Å². The highest BCUT2D eigenvalue weighted by Crippen LogP contribution is 2.50. The van der Waals surface area contributed by atoms with Crippen molar-refractivity contribution in [1.29, 1.82) is 0 Å². The average molecular weight is 579 g/mol. The first-order chi connectivity index (χ1) is 21.6. The molecule has 6 aromatic carbocycles. The molecule has 0 aliphatic heterocycles. The summed E-state index contributed by atoms with van der Waals surface area (Å²) in [5.41, 5.74) is 13.6. The number of hydrogen-bond acceptors (Lipinski definition) is 4. The fourth-order valence-corrected chi connectivity index (χ4v) is 5.76. The number of hydrogen-bond donors (Lipinski definition) is 4. The van der Waals surface area contributed by atoms with E-state index in [0.29, 0.717) is 0 Å². The Kier molecular flexibility index (Phi) is 8.78. The molecule has 0 aliphatic carbocycles. The molecule has 6 rings (SSSR count). The molecule has 0 aliphatic rings. The molecule has 0 unspecified atom stereocenters. The van der Waals surface area contributed by atoms with Gasteiger partial charge in [-0.15, -0.1) is 0 Å². The van der Waals surface area contributed by atoms with Gasteiger partial charge >= 0.3 is 0 Å². The monoisotopic (exact) mass is 578 g/mol. The lowest BCUT2D eigenvalue weighted by molar-refractivity contribution is 0.281. The van der Waals surface area contributed by atoms with Gasteiger partial charge in [0.15, 0.2) is 0 Å². The summed E-state index contributed by atoms with van der Waals surface area (Å²) < 4.78 is 0. The molecular weight excluding hydrogens is 544 g/mol. The van der Waals surface area contributed by atoms with Crippen LogP contribution in [0.1, 0.15) is 22.3 Å². The molecule has 0 saturated heterocycles. The van der Waals surface area contributed by atoms with Crippen molar-refractivity contribution >= 4 is 0 Å². The molecule has 218 valence electrons. The van der Waals surface area contributed by atoms with E-state index in [0.717, 1.165) is 77.9 Å². The second-order valence-corrected chi connectivity index (χ2v) is 10.9. The van der Waals surface area contributed by atoms with E-state index in [1.165, 1.54) is 0 Å². The Morgan fingerprint density at radius 3 is 0.932 bits per heavy atom. The van der Waals surface area contributed by atoms with Gasteiger partial charge in [0.05, 0.1) is 26.4 Å². The highest BCUT2D eigenvalue weighted by molar-refractivity contribution is 6.07. The Bertz CT molecular complexity index is 1840. The number of benzene rings is 6. The van der Waals surface area contributed by atoms with Gasteiger partial charge in [0, 0.05) is 0 Å². The largest absolute Gasteiger partial charge is 0.392 e. The normalized spacial score (nSPS) is 11.1. The molecule has 4 nitrogen and oxygen atoms in total. The van der Waals surface area contributed by atoms with Crippen molar-refractivity contribution in [3.63, 3.8) is 0 Å². The maximum absolute atomic E-state index is 9.83. The fraction of sp³-hybridized carbons (Fsp3) is 0.100. The van der Waals surface area contributed by atoms with Crippen molar-refractivity contribution in [2.24, 2.45) is 0 Å². The number of rotatable bonds is 9. The van der Waals surface area contributed by atoms with Crippen LogP contribution in [-0.4, -0.2) is 20.4 Å². The smallest absolute Gasteiger partial charge is 0.0681 e. The third-order valence-corrected chi connectivity index (χ3v) is 8.14. The van der Waals surface area contributed by atoms with Crippen molar-refractivity contribution in [3.8, 4) is 55.6 Å². The maximum atomic E-state index is 9.83. The van der Waals surface area contributed by atoms with Gasteiger partial charge in [0.25, 0.3) is 0 Å². The van der Waals surface area contributed by atoms with Crippen LogP contribution in [0.25, 0.3) is 55.6 Å². The first kappa shape index (κ1) is 29.2. The Labute approximate surface area is 257 Å². The summed E-state index contributed by atoms with van der Waals surface area (Å²) in [6.45, 7) is -0.141. The third kappa shape index (κ3) is 5.85. The van der Waals surface area contributed by atoms with Gasteiger partial charge in [-0.1, -0.05) is 127 Å². The van der Waals surface area contributed by atoms with Crippen LogP contribution >= 0.6 is 0 Å². The van der Waals surface area contributed by atoms with Gasteiger partial charge in [-0.2, -0.15) is 0 Å². The van der Waals surface area contributed by atoms with Crippen LogP contribution in [0.3, 0.4) is 0 Å². The van der Waals surface area contributed by atoms with E-state index >= 15 is 0 Å².